The molecular weight excluding hydrogens is 262 g/mol. The molecule has 1 amide bonds. The number of thioether (sulfide) groups is 1. The zero-order chi connectivity index (χ0) is 14.1. The maximum absolute atomic E-state index is 11.5. The van der Waals surface area contributed by atoms with Crippen LogP contribution >= 0.6 is 11.8 Å². The molecule has 19 heavy (non-hydrogen) atoms. The summed E-state index contributed by atoms with van der Waals surface area (Å²) >= 11 is 1.79. The standard InChI is InChI=1S/C13H21N3O2S/c1-10(14)6-8-19-9-7-18-12-5-3-2-4-11(12)13(17)16-15/h2-5,10H,6-9,14-15H2,1H3,(H,16,17). The molecule has 0 bridgehead atoms. The Morgan fingerprint density at radius 1 is 1.42 bits per heavy atom. The van der Waals surface area contributed by atoms with E-state index in [9.17, 15) is 4.79 Å². The molecule has 0 radical (unpaired) electrons. The molecule has 0 fully saturated rings. The summed E-state index contributed by atoms with van der Waals surface area (Å²) in [7, 11) is 0. The predicted octanol–water partition coefficient (Wildman–Crippen LogP) is 1.14. The number of benzene rings is 1. The van der Waals surface area contributed by atoms with Gasteiger partial charge in [-0.25, -0.2) is 5.84 Å². The lowest BCUT2D eigenvalue weighted by molar-refractivity contribution is 0.0950. The summed E-state index contributed by atoms with van der Waals surface area (Å²) in [5.41, 5.74) is 8.22. The maximum atomic E-state index is 11.5. The van der Waals surface area contributed by atoms with Crippen molar-refractivity contribution in [3.8, 4) is 5.75 Å². The number of hydrogen-bond donors (Lipinski definition) is 3. The summed E-state index contributed by atoms with van der Waals surface area (Å²) in [6.45, 7) is 2.55. The van der Waals surface area contributed by atoms with Crippen LogP contribution in [0.3, 0.4) is 0 Å². The Bertz CT molecular complexity index is 399. The maximum Gasteiger partial charge on any atom is 0.268 e. The van der Waals surface area contributed by atoms with E-state index in [1.807, 2.05) is 13.0 Å². The quantitative estimate of drug-likeness (QED) is 0.288. The van der Waals surface area contributed by atoms with Crippen molar-refractivity contribution < 1.29 is 9.53 Å². The normalized spacial score (nSPS) is 11.9. The number of nitrogens with two attached hydrogens (primary N) is 2. The fraction of sp³-hybridized carbons (Fsp3) is 0.462. The van der Waals surface area contributed by atoms with Crippen LogP contribution in [0.4, 0.5) is 0 Å². The van der Waals surface area contributed by atoms with Gasteiger partial charge in [0.1, 0.15) is 5.75 Å². The van der Waals surface area contributed by atoms with Gasteiger partial charge in [-0.05, 0) is 31.2 Å². The summed E-state index contributed by atoms with van der Waals surface area (Å²) in [6, 6.07) is 7.28. The van der Waals surface area contributed by atoms with Crippen molar-refractivity contribution in [2.75, 3.05) is 18.1 Å². The predicted molar refractivity (Wildman–Crippen MR) is 79.2 cm³/mol. The van der Waals surface area contributed by atoms with Gasteiger partial charge in [0.25, 0.3) is 5.91 Å². The van der Waals surface area contributed by atoms with Gasteiger partial charge in [-0.15, -0.1) is 0 Å². The first-order valence-electron chi connectivity index (χ1n) is 6.21. The highest BCUT2D eigenvalue weighted by atomic mass is 32.2. The Morgan fingerprint density at radius 2 is 2.16 bits per heavy atom. The topological polar surface area (TPSA) is 90.4 Å². The number of ether oxygens (including phenoxy) is 1. The highest BCUT2D eigenvalue weighted by Gasteiger charge is 2.10. The fourth-order valence-corrected chi connectivity index (χ4v) is 2.38. The van der Waals surface area contributed by atoms with Crippen molar-refractivity contribution in [1.82, 2.24) is 5.43 Å². The highest BCUT2D eigenvalue weighted by molar-refractivity contribution is 7.99. The van der Waals surface area contributed by atoms with Crippen LogP contribution in [0, 0.1) is 0 Å². The van der Waals surface area contributed by atoms with Crippen LogP contribution in [-0.2, 0) is 0 Å². The molecule has 0 aliphatic rings. The van der Waals surface area contributed by atoms with E-state index in [4.69, 9.17) is 16.3 Å². The van der Waals surface area contributed by atoms with E-state index in [0.717, 1.165) is 17.9 Å². The summed E-state index contributed by atoms with van der Waals surface area (Å²) < 4.78 is 5.60. The minimum Gasteiger partial charge on any atom is -0.492 e. The van der Waals surface area contributed by atoms with Gasteiger partial charge in [0.2, 0.25) is 0 Å². The monoisotopic (exact) mass is 283 g/mol. The zero-order valence-electron chi connectivity index (χ0n) is 11.1. The van der Waals surface area contributed by atoms with Crippen LogP contribution in [0.2, 0.25) is 0 Å². The molecule has 1 aromatic carbocycles. The van der Waals surface area contributed by atoms with Gasteiger partial charge in [0.15, 0.2) is 0 Å². The lowest BCUT2D eigenvalue weighted by Gasteiger charge is -2.10. The van der Waals surface area contributed by atoms with Crippen LogP contribution in [0.25, 0.3) is 0 Å². The largest absolute Gasteiger partial charge is 0.492 e. The third-order valence-corrected chi connectivity index (χ3v) is 3.45. The number of rotatable bonds is 8. The summed E-state index contributed by atoms with van der Waals surface area (Å²) in [4.78, 5) is 11.5. The lowest BCUT2D eigenvalue weighted by atomic mass is 10.2. The van der Waals surface area contributed by atoms with E-state index in [1.165, 1.54) is 0 Å². The third kappa shape index (κ3) is 5.96. The van der Waals surface area contributed by atoms with E-state index in [2.05, 4.69) is 5.43 Å². The molecule has 5 nitrogen and oxygen atoms in total. The Balaban J connectivity index is 2.35. The Labute approximate surface area is 118 Å². The Kier molecular flexibility index (Phi) is 7.32. The van der Waals surface area contributed by atoms with E-state index in [1.54, 1.807) is 30.0 Å². The highest BCUT2D eigenvalue weighted by Crippen LogP contribution is 2.18. The molecule has 1 atom stereocenters. The average molecular weight is 283 g/mol. The smallest absolute Gasteiger partial charge is 0.268 e. The second kappa shape index (κ2) is 8.79. The molecule has 1 aromatic rings. The number of hydrogen-bond acceptors (Lipinski definition) is 5. The molecule has 1 rings (SSSR count). The number of para-hydroxylation sites is 1. The summed E-state index contributed by atoms with van der Waals surface area (Å²) in [5, 5.41) is 0. The summed E-state index contributed by atoms with van der Waals surface area (Å²) in [5.74, 6) is 7.22. The molecule has 6 heteroatoms. The number of nitrogens with one attached hydrogen (secondary N) is 1. The molecule has 0 aliphatic carbocycles. The first kappa shape index (κ1) is 15.8. The molecule has 0 aliphatic heterocycles. The van der Waals surface area contributed by atoms with Gasteiger partial charge in [-0.3, -0.25) is 10.2 Å². The fourth-order valence-electron chi connectivity index (χ4n) is 1.44. The van der Waals surface area contributed by atoms with E-state index in [-0.39, 0.29) is 11.9 Å². The van der Waals surface area contributed by atoms with Gasteiger partial charge < -0.3 is 10.5 Å². The molecule has 0 saturated heterocycles. The Hall–Kier alpha value is -1.24. The van der Waals surface area contributed by atoms with Crippen LogP contribution in [0.5, 0.6) is 5.75 Å². The van der Waals surface area contributed by atoms with Gasteiger partial charge >= 0.3 is 0 Å². The van der Waals surface area contributed by atoms with Gasteiger partial charge in [0.05, 0.1) is 12.2 Å². The third-order valence-electron chi connectivity index (χ3n) is 2.47. The van der Waals surface area contributed by atoms with Crippen molar-refractivity contribution in [2.45, 2.75) is 19.4 Å². The number of carbonyl (C=O) groups excluding carboxylic acids is 1. The van der Waals surface area contributed by atoms with E-state index >= 15 is 0 Å². The van der Waals surface area contributed by atoms with Crippen molar-refractivity contribution >= 4 is 17.7 Å². The van der Waals surface area contributed by atoms with Crippen LogP contribution in [-0.4, -0.2) is 30.1 Å². The molecular formula is C13H21N3O2S. The van der Waals surface area contributed by atoms with Crippen LogP contribution in [0.15, 0.2) is 24.3 Å². The number of nitrogen functional groups attached to an aromatic ring is 1. The number of hydrazine groups is 1. The molecule has 0 spiro atoms. The van der Waals surface area contributed by atoms with Crippen molar-refractivity contribution in [1.29, 1.82) is 0 Å². The molecule has 0 heterocycles. The summed E-state index contributed by atoms with van der Waals surface area (Å²) in [6.07, 6.45) is 0.997. The van der Waals surface area contributed by atoms with Gasteiger partial charge in [0, 0.05) is 11.8 Å². The molecule has 0 aromatic heterocycles. The average Bonchev–Trinajstić information content (AvgIpc) is 2.42. The first-order chi connectivity index (χ1) is 9.15. The first-order valence-corrected chi connectivity index (χ1v) is 7.36. The van der Waals surface area contributed by atoms with Crippen LogP contribution < -0.4 is 21.7 Å². The van der Waals surface area contributed by atoms with Crippen molar-refractivity contribution in [3.63, 3.8) is 0 Å². The SMILES string of the molecule is CC(N)CCSCCOc1ccccc1C(=O)NN. The second-order valence-corrected chi connectivity index (χ2v) is 5.42. The zero-order valence-corrected chi connectivity index (χ0v) is 11.9. The lowest BCUT2D eigenvalue weighted by Crippen LogP contribution is -2.30. The van der Waals surface area contributed by atoms with Gasteiger partial charge in [-0.2, -0.15) is 11.8 Å². The van der Waals surface area contributed by atoms with E-state index in [0.29, 0.717) is 17.9 Å². The van der Waals surface area contributed by atoms with Crippen molar-refractivity contribution in [3.05, 3.63) is 29.8 Å². The minimum atomic E-state index is -0.347. The molecule has 0 saturated carbocycles. The minimum absolute atomic E-state index is 0.238. The molecule has 1 unspecified atom stereocenters. The number of amides is 1. The van der Waals surface area contributed by atoms with Gasteiger partial charge in [-0.1, -0.05) is 12.1 Å². The molecule has 5 N–H and O–H groups in total. The van der Waals surface area contributed by atoms with Crippen molar-refractivity contribution in [2.24, 2.45) is 11.6 Å². The van der Waals surface area contributed by atoms with E-state index < -0.39 is 0 Å². The molecule has 106 valence electrons. The number of carbonyl (C=O) groups is 1. The van der Waals surface area contributed by atoms with Crippen LogP contribution in [0.1, 0.15) is 23.7 Å². The second-order valence-electron chi connectivity index (χ2n) is 4.20. The Morgan fingerprint density at radius 3 is 2.84 bits per heavy atom.